The van der Waals surface area contributed by atoms with E-state index in [-0.39, 0.29) is 0 Å². The predicted octanol–water partition coefficient (Wildman–Crippen LogP) is 15.6. The van der Waals surface area contributed by atoms with E-state index in [0.29, 0.717) is 5.82 Å². The Morgan fingerprint density at radius 3 is 1.81 bits per heavy atom. The van der Waals surface area contributed by atoms with Gasteiger partial charge in [0.15, 0.2) is 11.6 Å². The fourth-order valence-corrected chi connectivity index (χ4v) is 11.9. The summed E-state index contributed by atoms with van der Waals surface area (Å²) < 4.78 is 8.44. The van der Waals surface area contributed by atoms with Crippen molar-refractivity contribution in [1.29, 1.82) is 0 Å². The van der Waals surface area contributed by atoms with Gasteiger partial charge in [-0.25, -0.2) is 9.97 Å². The Morgan fingerprint density at radius 1 is 0.431 bits per heavy atom. The molecule has 0 bridgehead atoms. The number of nitrogens with zero attached hydrogens (tertiary/aromatic N) is 3. The van der Waals surface area contributed by atoms with E-state index < -0.39 is 0 Å². The minimum absolute atomic E-state index is 0.694. The van der Waals surface area contributed by atoms with E-state index in [9.17, 15) is 0 Å². The standard InChI is InChI=1S/C52H30IN3S2/c53-47-48(37-22-8-7-19-34(37)31-15-3-1-4-16-31)54-51(33-29-41(32-17-5-2-6-18-32)46-40-23-11-14-26-44(40)57-45(46)30-33)55-52(47)56-42-24-12-9-20-35(42)38-27-28-39-36-21-10-13-25-43(36)58-50(39)49(38)56/h1-30H. The van der Waals surface area contributed by atoms with Crippen LogP contribution in [0.2, 0.25) is 0 Å². The molecule has 0 atom stereocenters. The Kier molecular flexibility index (Phi) is 7.86. The van der Waals surface area contributed by atoms with Crippen molar-refractivity contribution in [3.63, 3.8) is 0 Å². The summed E-state index contributed by atoms with van der Waals surface area (Å²) in [7, 11) is 0. The molecule has 0 spiro atoms. The van der Waals surface area contributed by atoms with Crippen molar-refractivity contribution in [2.45, 2.75) is 0 Å². The number of halogens is 1. The van der Waals surface area contributed by atoms with Gasteiger partial charge in [-0.05, 0) is 75.2 Å². The molecule has 0 radical (unpaired) electrons. The maximum atomic E-state index is 5.68. The maximum Gasteiger partial charge on any atom is 0.162 e. The molecule has 272 valence electrons. The van der Waals surface area contributed by atoms with Gasteiger partial charge in [0.25, 0.3) is 0 Å². The van der Waals surface area contributed by atoms with Crippen molar-refractivity contribution in [2.24, 2.45) is 0 Å². The molecule has 8 aromatic carbocycles. The van der Waals surface area contributed by atoms with Crippen LogP contribution in [0.15, 0.2) is 182 Å². The van der Waals surface area contributed by atoms with Gasteiger partial charge in [-0.3, -0.25) is 4.57 Å². The minimum Gasteiger partial charge on any atom is -0.291 e. The Morgan fingerprint density at radius 2 is 1.03 bits per heavy atom. The van der Waals surface area contributed by atoms with Crippen LogP contribution >= 0.6 is 45.3 Å². The van der Waals surface area contributed by atoms with Crippen molar-refractivity contribution in [3.8, 4) is 50.7 Å². The first kappa shape index (κ1) is 33.9. The second-order valence-electron chi connectivity index (χ2n) is 14.6. The first-order valence-corrected chi connectivity index (χ1v) is 22.0. The lowest BCUT2D eigenvalue weighted by atomic mass is 9.96. The van der Waals surface area contributed by atoms with Crippen LogP contribution < -0.4 is 0 Å². The van der Waals surface area contributed by atoms with E-state index in [4.69, 9.17) is 9.97 Å². The quantitative estimate of drug-likeness (QED) is 0.161. The maximum absolute atomic E-state index is 5.68. The number of rotatable bonds is 5. The summed E-state index contributed by atoms with van der Waals surface area (Å²) in [5.74, 6) is 1.57. The van der Waals surface area contributed by atoms with Crippen LogP contribution in [0.5, 0.6) is 0 Å². The van der Waals surface area contributed by atoms with Crippen LogP contribution in [-0.2, 0) is 0 Å². The summed E-state index contributed by atoms with van der Waals surface area (Å²) in [5, 5.41) is 7.50. The SMILES string of the molecule is Ic1c(-c2ccccc2-c2ccccc2)nc(-c2cc(-c3ccccc3)c3c(c2)sc2ccccc23)nc1-n1c2ccccc2c2ccc3c4ccccc4sc3c21. The average Bonchev–Trinajstić information content (AvgIpc) is 3.96. The number of thiophene rings is 2. The number of aromatic nitrogens is 3. The van der Waals surface area contributed by atoms with Gasteiger partial charge < -0.3 is 0 Å². The van der Waals surface area contributed by atoms with Gasteiger partial charge >= 0.3 is 0 Å². The highest BCUT2D eigenvalue weighted by molar-refractivity contribution is 14.1. The fourth-order valence-electron chi connectivity index (χ4n) is 8.73. The number of benzene rings is 8. The van der Waals surface area contributed by atoms with Crippen LogP contribution in [0.3, 0.4) is 0 Å². The molecule has 12 rings (SSSR count). The van der Waals surface area contributed by atoms with Crippen LogP contribution in [0, 0.1) is 3.57 Å². The molecule has 0 saturated carbocycles. The number of fused-ring (bicyclic) bond motifs is 10. The molecule has 58 heavy (non-hydrogen) atoms. The van der Waals surface area contributed by atoms with Gasteiger partial charge in [0.2, 0.25) is 0 Å². The van der Waals surface area contributed by atoms with E-state index >= 15 is 0 Å². The molecule has 0 amide bonds. The third kappa shape index (κ3) is 5.22. The molecule has 0 saturated heterocycles. The zero-order valence-corrected chi connectivity index (χ0v) is 34.6. The van der Waals surface area contributed by atoms with Gasteiger partial charge in [0.1, 0.15) is 0 Å². The second-order valence-corrected chi connectivity index (χ2v) is 17.8. The van der Waals surface area contributed by atoms with Gasteiger partial charge in [-0.15, -0.1) is 22.7 Å². The molecule has 0 aliphatic rings. The molecule has 0 fully saturated rings. The summed E-state index contributed by atoms with van der Waals surface area (Å²) in [4.78, 5) is 11.3. The smallest absolute Gasteiger partial charge is 0.162 e. The van der Waals surface area contributed by atoms with E-state index in [0.717, 1.165) is 42.9 Å². The largest absolute Gasteiger partial charge is 0.291 e. The van der Waals surface area contributed by atoms with E-state index in [1.165, 1.54) is 67.8 Å². The lowest BCUT2D eigenvalue weighted by Crippen LogP contribution is -2.07. The number of hydrogen-bond donors (Lipinski definition) is 0. The first-order chi connectivity index (χ1) is 28.7. The first-order valence-electron chi connectivity index (χ1n) is 19.3. The summed E-state index contributed by atoms with van der Waals surface area (Å²) in [6.45, 7) is 0. The van der Waals surface area contributed by atoms with Crippen molar-refractivity contribution in [2.75, 3.05) is 0 Å². The van der Waals surface area contributed by atoms with E-state index in [1.807, 2.05) is 22.7 Å². The lowest BCUT2D eigenvalue weighted by molar-refractivity contribution is 1.04. The Balaban J connectivity index is 1.22. The van der Waals surface area contributed by atoms with Gasteiger partial charge in [-0.1, -0.05) is 152 Å². The third-order valence-corrected chi connectivity index (χ3v) is 14.6. The Labute approximate surface area is 355 Å². The topological polar surface area (TPSA) is 30.7 Å². The van der Waals surface area contributed by atoms with E-state index in [2.05, 4.69) is 209 Å². The second kappa shape index (κ2) is 13.5. The highest BCUT2D eigenvalue weighted by atomic mass is 127. The van der Waals surface area contributed by atoms with Crippen LogP contribution in [-0.4, -0.2) is 14.5 Å². The Bertz CT molecular complexity index is 3580. The third-order valence-electron chi connectivity index (χ3n) is 11.3. The summed E-state index contributed by atoms with van der Waals surface area (Å²) >= 11 is 6.21. The van der Waals surface area contributed by atoms with Gasteiger partial charge in [0.05, 0.1) is 25.0 Å². The molecule has 4 heterocycles. The van der Waals surface area contributed by atoms with Crippen molar-refractivity contribution in [3.05, 3.63) is 186 Å². The molecular formula is C52H30IN3S2. The van der Waals surface area contributed by atoms with Crippen LogP contribution in [0.4, 0.5) is 0 Å². The molecule has 3 nitrogen and oxygen atoms in total. The van der Waals surface area contributed by atoms with E-state index in [1.54, 1.807) is 0 Å². The Hall–Kier alpha value is -6.19. The summed E-state index contributed by atoms with van der Waals surface area (Å²) in [6.07, 6.45) is 0. The molecule has 0 unspecified atom stereocenters. The van der Waals surface area contributed by atoms with Crippen LogP contribution in [0.1, 0.15) is 0 Å². The highest BCUT2D eigenvalue weighted by Gasteiger charge is 2.25. The summed E-state index contributed by atoms with van der Waals surface area (Å²) in [5.41, 5.74) is 9.91. The van der Waals surface area contributed by atoms with Crippen molar-refractivity contribution < 1.29 is 0 Å². The predicted molar refractivity (Wildman–Crippen MR) is 257 cm³/mol. The van der Waals surface area contributed by atoms with Crippen LogP contribution in [0.25, 0.3) is 113 Å². The monoisotopic (exact) mass is 887 g/mol. The lowest BCUT2D eigenvalue weighted by Gasteiger charge is -2.17. The molecule has 0 aliphatic carbocycles. The van der Waals surface area contributed by atoms with Crippen molar-refractivity contribution in [1.82, 2.24) is 14.5 Å². The molecule has 0 N–H and O–H groups in total. The van der Waals surface area contributed by atoms with Gasteiger partial charge in [0, 0.05) is 57.5 Å². The number of para-hydroxylation sites is 1. The molecule has 12 aromatic rings. The highest BCUT2D eigenvalue weighted by Crippen LogP contribution is 2.46. The number of hydrogen-bond acceptors (Lipinski definition) is 4. The zero-order chi connectivity index (χ0) is 38.3. The fraction of sp³-hybridized carbons (Fsp3) is 0. The zero-order valence-electron chi connectivity index (χ0n) is 30.9. The molecular weight excluding hydrogens is 858 g/mol. The van der Waals surface area contributed by atoms with Crippen molar-refractivity contribution >= 4 is 107 Å². The average molecular weight is 888 g/mol. The molecule has 6 heteroatoms. The molecule has 4 aromatic heterocycles. The normalized spacial score (nSPS) is 11.9. The minimum atomic E-state index is 0.694. The van der Waals surface area contributed by atoms with Gasteiger partial charge in [-0.2, -0.15) is 0 Å². The summed E-state index contributed by atoms with van der Waals surface area (Å²) in [6, 6.07) is 65.5. The molecule has 0 aliphatic heterocycles.